The van der Waals surface area contributed by atoms with Crippen molar-refractivity contribution >= 4 is 19.7 Å². The zero-order valence-electron chi connectivity index (χ0n) is 4.49. The van der Waals surface area contributed by atoms with E-state index in [0.29, 0.717) is 0 Å². The first-order valence-electron chi connectivity index (χ1n) is 1.91. The lowest BCUT2D eigenvalue weighted by Crippen LogP contribution is -2.08. The molecule has 0 amide bonds. The summed E-state index contributed by atoms with van der Waals surface area (Å²) in [5.74, 6) is -2.29. The first-order chi connectivity index (χ1) is 4.04. The number of rotatable bonds is 2. The molecule has 6 heteroatoms. The van der Waals surface area contributed by atoms with E-state index in [2.05, 4.69) is 4.52 Å². The van der Waals surface area contributed by atoms with Crippen LogP contribution < -0.4 is 0 Å². The minimum absolute atomic E-state index is 0.918. The molecule has 0 aliphatic carbocycles. The molecular weight excluding hydrogens is 147 g/mol. The highest BCUT2D eigenvalue weighted by Crippen LogP contribution is 2.04. The minimum atomic E-state index is -3.24. The molecule has 0 saturated carbocycles. The largest absolute Gasteiger partial charge is 0.531 e. The monoisotopic (exact) mass is 150 g/mol. The Balaban J connectivity index is 3.94. The zero-order valence-corrected chi connectivity index (χ0v) is 5.38. The Hall–Kier alpha value is -0.960. The van der Waals surface area contributed by atoms with Crippen LogP contribution in [0.15, 0.2) is 0 Å². The van der Waals surface area contributed by atoms with Crippen molar-refractivity contribution in [2.75, 3.05) is 0 Å². The highest BCUT2D eigenvalue weighted by molar-refractivity contribution is 7.25. The second-order valence-corrected chi connectivity index (χ2v) is 1.79. The summed E-state index contributed by atoms with van der Waals surface area (Å²) in [4.78, 5) is 19.9. The van der Waals surface area contributed by atoms with Crippen LogP contribution >= 0.6 is 7.91 Å². The van der Waals surface area contributed by atoms with E-state index in [4.69, 9.17) is 0 Å². The summed E-state index contributed by atoms with van der Waals surface area (Å²) in [7, 11) is -3.24. The summed E-state index contributed by atoms with van der Waals surface area (Å²) in [6, 6.07) is 0. The fourth-order valence-corrected chi connectivity index (χ4v) is 0.396. The summed E-state index contributed by atoms with van der Waals surface area (Å²) >= 11 is 0. The Morgan fingerprint density at radius 1 is 1.33 bits per heavy atom. The molecule has 5 nitrogen and oxygen atoms in total. The predicted octanol–water partition coefficient (Wildman–Crippen LogP) is 0.206. The molecule has 50 valence electrons. The molecule has 0 aliphatic rings. The zero-order chi connectivity index (χ0) is 7.44. The van der Waals surface area contributed by atoms with Gasteiger partial charge >= 0.3 is 13.9 Å². The topological polar surface area (TPSA) is 77.5 Å². The first kappa shape index (κ1) is 8.04. The van der Waals surface area contributed by atoms with Gasteiger partial charge in [-0.2, -0.15) is 9.13 Å². The van der Waals surface area contributed by atoms with E-state index in [0.717, 1.165) is 6.92 Å². The van der Waals surface area contributed by atoms with E-state index in [1.165, 1.54) is 0 Å². The Morgan fingerprint density at radius 2 is 1.78 bits per heavy atom. The van der Waals surface area contributed by atoms with Gasteiger partial charge in [-0.3, -0.25) is 4.79 Å². The number of Topliss-reactive ketones (excluding diaryl/α,β-unsaturated/α-hetero) is 1. The van der Waals surface area contributed by atoms with Crippen LogP contribution in [-0.2, 0) is 23.2 Å². The maximum atomic E-state index is 10.00. The molecule has 0 bridgehead atoms. The maximum Gasteiger partial charge on any atom is 0.531 e. The second kappa shape index (κ2) is 3.14. The smallest absolute Gasteiger partial charge is 0.345 e. The van der Waals surface area contributed by atoms with Crippen molar-refractivity contribution in [3.05, 3.63) is 0 Å². The molecule has 0 radical (unpaired) electrons. The molecule has 0 aromatic carbocycles. The average Bonchev–Trinajstić information content (AvgIpc) is 1.63. The van der Waals surface area contributed by atoms with Crippen molar-refractivity contribution < 1.29 is 23.2 Å². The number of ketones is 1. The summed E-state index contributed by atoms with van der Waals surface area (Å²) in [6.07, 6.45) is 0. The summed E-state index contributed by atoms with van der Waals surface area (Å²) in [5.41, 5.74) is 0. The van der Waals surface area contributed by atoms with Crippen molar-refractivity contribution in [3.8, 4) is 0 Å². The molecule has 9 heavy (non-hydrogen) atoms. The van der Waals surface area contributed by atoms with Gasteiger partial charge in [0.1, 0.15) is 0 Å². The fraction of sp³-hybridized carbons (Fsp3) is 0.333. The van der Waals surface area contributed by atoms with Crippen molar-refractivity contribution in [1.82, 2.24) is 0 Å². The van der Waals surface area contributed by atoms with E-state index in [-0.39, 0.29) is 0 Å². The van der Waals surface area contributed by atoms with Gasteiger partial charge in [0.25, 0.3) is 0 Å². The highest BCUT2D eigenvalue weighted by atomic mass is 31.1. The average molecular weight is 150 g/mol. The van der Waals surface area contributed by atoms with Crippen LogP contribution in [0.3, 0.4) is 0 Å². The number of hydrogen-bond donors (Lipinski definition) is 0. The molecule has 0 spiro atoms. The lowest BCUT2D eigenvalue weighted by molar-refractivity contribution is -0.145. The van der Waals surface area contributed by atoms with Crippen LogP contribution in [0.1, 0.15) is 6.92 Å². The maximum absolute atomic E-state index is 10.00. The molecule has 0 atom stereocenters. The molecule has 0 saturated heterocycles. The lowest BCUT2D eigenvalue weighted by Gasteiger charge is -1.84. The van der Waals surface area contributed by atoms with Gasteiger partial charge in [0.15, 0.2) is 0 Å². The van der Waals surface area contributed by atoms with Crippen LogP contribution in [0.2, 0.25) is 0 Å². The summed E-state index contributed by atoms with van der Waals surface area (Å²) < 4.78 is 22.6. The molecule has 0 aromatic rings. The van der Waals surface area contributed by atoms with Gasteiger partial charge in [-0.1, -0.05) is 0 Å². The standard InChI is InChI=1S/C3H3O5P/c1-2(4)3(5)8-9(6)7/h1H3. The van der Waals surface area contributed by atoms with Gasteiger partial charge in [-0.15, -0.1) is 0 Å². The molecule has 0 N–H and O–H groups in total. The number of hydrogen-bond acceptors (Lipinski definition) is 5. The van der Waals surface area contributed by atoms with Crippen LogP contribution in [0.4, 0.5) is 0 Å². The van der Waals surface area contributed by atoms with Crippen LogP contribution in [0.5, 0.6) is 0 Å². The molecule has 0 heterocycles. The molecular formula is C3H3O5P. The molecule has 0 rings (SSSR count). The van der Waals surface area contributed by atoms with Crippen LogP contribution in [0.25, 0.3) is 0 Å². The Bertz CT molecular complexity index is 194. The second-order valence-electron chi connectivity index (χ2n) is 1.16. The Morgan fingerprint density at radius 3 is 1.89 bits per heavy atom. The molecule has 0 aliphatic heterocycles. The third-order valence-electron chi connectivity index (χ3n) is 0.445. The van der Waals surface area contributed by atoms with Gasteiger partial charge in [-0.25, -0.2) is 4.79 Å². The summed E-state index contributed by atoms with van der Waals surface area (Å²) in [5, 5.41) is 0. The third kappa shape index (κ3) is 3.61. The van der Waals surface area contributed by atoms with Gasteiger partial charge in [0.05, 0.1) is 0 Å². The number of carbonyl (C=O) groups excluding carboxylic acids is 2. The van der Waals surface area contributed by atoms with E-state index >= 15 is 0 Å². The Kier molecular flexibility index (Phi) is 2.81. The first-order valence-corrected chi connectivity index (χ1v) is 3.01. The van der Waals surface area contributed by atoms with Crippen LogP contribution in [-0.4, -0.2) is 11.8 Å². The lowest BCUT2D eigenvalue weighted by atomic mass is 10.5. The van der Waals surface area contributed by atoms with E-state index < -0.39 is 19.7 Å². The van der Waals surface area contributed by atoms with E-state index in [1.54, 1.807) is 0 Å². The quantitative estimate of drug-likeness (QED) is 0.415. The molecule has 0 unspecified atom stereocenters. The third-order valence-corrected chi connectivity index (χ3v) is 0.760. The van der Waals surface area contributed by atoms with Crippen molar-refractivity contribution in [3.63, 3.8) is 0 Å². The van der Waals surface area contributed by atoms with Crippen molar-refractivity contribution in [2.45, 2.75) is 6.92 Å². The van der Waals surface area contributed by atoms with Gasteiger partial charge < -0.3 is 4.52 Å². The van der Waals surface area contributed by atoms with E-state index in [1.807, 2.05) is 0 Å². The van der Waals surface area contributed by atoms with Gasteiger partial charge in [0, 0.05) is 6.92 Å². The van der Waals surface area contributed by atoms with Crippen molar-refractivity contribution in [2.24, 2.45) is 0 Å². The Labute approximate surface area is 50.9 Å². The molecule has 0 fully saturated rings. The van der Waals surface area contributed by atoms with Crippen molar-refractivity contribution in [1.29, 1.82) is 0 Å². The van der Waals surface area contributed by atoms with E-state index in [9.17, 15) is 18.7 Å². The fourth-order valence-electron chi connectivity index (χ4n) is 0.132. The highest BCUT2D eigenvalue weighted by Gasteiger charge is 2.10. The number of carbonyl (C=O) groups is 2. The van der Waals surface area contributed by atoms with Crippen LogP contribution in [0, 0.1) is 0 Å². The van der Waals surface area contributed by atoms with Gasteiger partial charge in [-0.05, 0) is 0 Å². The summed E-state index contributed by atoms with van der Waals surface area (Å²) in [6.45, 7) is 0.918. The molecule has 0 aromatic heterocycles. The minimum Gasteiger partial charge on any atom is -0.345 e. The normalized spacial score (nSPS) is 8.11. The van der Waals surface area contributed by atoms with Gasteiger partial charge in [0.2, 0.25) is 5.78 Å². The predicted molar refractivity (Wildman–Crippen MR) is 25.1 cm³/mol. The SMILES string of the molecule is CC(=O)C(=O)OP(=O)=O.